The number of hydrogen-bond donors (Lipinski definition) is 5. The van der Waals surface area contributed by atoms with E-state index in [4.69, 9.17) is 0 Å². The van der Waals surface area contributed by atoms with Crippen LogP contribution >= 0.6 is 11.3 Å². The fourth-order valence-corrected chi connectivity index (χ4v) is 3.53. The molecule has 0 aliphatic carbocycles. The Labute approximate surface area is 139 Å². The third kappa shape index (κ3) is 3.80. The van der Waals surface area contributed by atoms with E-state index in [0.29, 0.717) is 13.1 Å². The lowest BCUT2D eigenvalue weighted by atomic mass is 10.0. The Bertz CT molecular complexity index is 603. The third-order valence-corrected chi connectivity index (χ3v) is 5.01. The van der Waals surface area contributed by atoms with Gasteiger partial charge in [0.1, 0.15) is 0 Å². The van der Waals surface area contributed by atoms with Crippen molar-refractivity contribution in [2.45, 2.75) is 24.3 Å². The van der Waals surface area contributed by atoms with Gasteiger partial charge in [-0.05, 0) is 33.5 Å². The van der Waals surface area contributed by atoms with E-state index < -0.39 is 12.2 Å². The predicted octanol–water partition coefficient (Wildman–Crippen LogP) is 0.732. The lowest BCUT2D eigenvalue weighted by Crippen LogP contribution is -2.43. The molecule has 1 aromatic heterocycles. The van der Waals surface area contributed by atoms with Crippen LogP contribution in [-0.4, -0.2) is 53.3 Å². The Morgan fingerprint density at radius 3 is 2.52 bits per heavy atom. The molecule has 0 spiro atoms. The first kappa shape index (κ1) is 16.6. The Hall–Kier alpha value is -1.28. The molecular formula is C17H22N2O3S. The summed E-state index contributed by atoms with van der Waals surface area (Å²) in [5.74, 6) is 0. The molecule has 1 aliphatic rings. The van der Waals surface area contributed by atoms with Crippen molar-refractivity contribution in [3.05, 3.63) is 46.7 Å². The molecule has 2 aromatic rings. The summed E-state index contributed by atoms with van der Waals surface area (Å²) in [5.41, 5.74) is 3.35. The number of nitrogens with one attached hydrogen (secondary N) is 2. The van der Waals surface area contributed by atoms with Gasteiger partial charge in [-0.2, -0.15) is 11.3 Å². The van der Waals surface area contributed by atoms with Crippen LogP contribution in [0.4, 0.5) is 0 Å². The second-order valence-corrected chi connectivity index (χ2v) is 6.63. The maximum atomic E-state index is 9.84. The smallest absolute Gasteiger partial charge is 0.0976 e. The van der Waals surface area contributed by atoms with E-state index in [2.05, 4.69) is 27.5 Å². The average Bonchev–Trinajstić information content (AvgIpc) is 3.21. The first-order valence-corrected chi connectivity index (χ1v) is 8.69. The molecule has 1 aliphatic heterocycles. The van der Waals surface area contributed by atoms with Crippen molar-refractivity contribution in [3.8, 4) is 11.1 Å². The summed E-state index contributed by atoms with van der Waals surface area (Å²) in [4.78, 5) is 0. The first-order valence-electron chi connectivity index (χ1n) is 7.75. The van der Waals surface area contributed by atoms with Gasteiger partial charge in [-0.1, -0.05) is 24.3 Å². The molecule has 1 saturated heterocycles. The van der Waals surface area contributed by atoms with Crippen LogP contribution in [-0.2, 0) is 0 Å². The van der Waals surface area contributed by atoms with Crippen molar-refractivity contribution >= 4 is 11.3 Å². The zero-order chi connectivity index (χ0) is 16.2. The topological polar surface area (TPSA) is 84.8 Å². The Morgan fingerprint density at radius 2 is 1.96 bits per heavy atom. The zero-order valence-corrected chi connectivity index (χ0v) is 13.5. The Kier molecular flexibility index (Phi) is 5.42. The minimum atomic E-state index is -0.775. The molecule has 2 heterocycles. The van der Waals surface area contributed by atoms with Gasteiger partial charge in [0.05, 0.1) is 24.9 Å². The van der Waals surface area contributed by atoms with Gasteiger partial charge in [0.25, 0.3) is 0 Å². The molecule has 6 heteroatoms. The van der Waals surface area contributed by atoms with Crippen molar-refractivity contribution in [1.29, 1.82) is 0 Å². The van der Waals surface area contributed by atoms with E-state index in [1.54, 1.807) is 11.3 Å². The third-order valence-electron chi connectivity index (χ3n) is 4.33. The van der Waals surface area contributed by atoms with Crippen LogP contribution in [0, 0.1) is 0 Å². The van der Waals surface area contributed by atoms with E-state index in [1.165, 1.54) is 5.56 Å². The number of aliphatic hydroxyl groups excluding tert-OH is 3. The molecule has 1 unspecified atom stereocenters. The van der Waals surface area contributed by atoms with Gasteiger partial charge in [0.15, 0.2) is 0 Å². The molecule has 3 rings (SSSR count). The quantitative estimate of drug-likeness (QED) is 0.538. The van der Waals surface area contributed by atoms with Gasteiger partial charge in [-0.3, -0.25) is 0 Å². The number of thiophene rings is 1. The Balaban J connectivity index is 1.62. The SMILES string of the molecule is OCC(NC[C@H]1NC[C@H](O)[C@@H]1O)c1ccc(-c2ccsc2)cc1. The molecule has 1 fully saturated rings. The highest BCUT2D eigenvalue weighted by Crippen LogP contribution is 2.24. The summed E-state index contributed by atoms with van der Waals surface area (Å²) in [6, 6.07) is 9.80. The van der Waals surface area contributed by atoms with Crippen molar-refractivity contribution < 1.29 is 15.3 Å². The maximum Gasteiger partial charge on any atom is 0.0976 e. The molecule has 1 aromatic carbocycles. The van der Waals surface area contributed by atoms with Gasteiger partial charge < -0.3 is 26.0 Å². The van der Waals surface area contributed by atoms with Gasteiger partial charge in [0.2, 0.25) is 0 Å². The maximum absolute atomic E-state index is 9.84. The summed E-state index contributed by atoms with van der Waals surface area (Å²) >= 11 is 1.67. The monoisotopic (exact) mass is 334 g/mol. The number of rotatable bonds is 6. The molecule has 124 valence electrons. The summed E-state index contributed by atoms with van der Waals surface area (Å²) in [6.45, 7) is 0.853. The largest absolute Gasteiger partial charge is 0.394 e. The average molecular weight is 334 g/mol. The molecule has 0 bridgehead atoms. The second-order valence-electron chi connectivity index (χ2n) is 5.85. The number of hydrogen-bond acceptors (Lipinski definition) is 6. The van der Waals surface area contributed by atoms with Crippen LogP contribution in [0.15, 0.2) is 41.1 Å². The highest BCUT2D eigenvalue weighted by atomic mass is 32.1. The predicted molar refractivity (Wildman–Crippen MR) is 91.4 cm³/mol. The molecule has 5 nitrogen and oxygen atoms in total. The molecule has 0 saturated carbocycles. The highest BCUT2D eigenvalue weighted by Gasteiger charge is 2.32. The van der Waals surface area contributed by atoms with E-state index >= 15 is 0 Å². The van der Waals surface area contributed by atoms with Gasteiger partial charge >= 0.3 is 0 Å². The summed E-state index contributed by atoms with van der Waals surface area (Å²) in [7, 11) is 0. The summed E-state index contributed by atoms with van der Waals surface area (Å²) in [6.07, 6.45) is -1.50. The number of aliphatic hydroxyl groups is 3. The molecule has 4 atom stereocenters. The lowest BCUT2D eigenvalue weighted by Gasteiger charge is -2.22. The standard InChI is InChI=1S/C17H22N2O3S/c20-9-15(18-7-14-17(22)16(21)8-19-14)12-3-1-11(2-4-12)13-5-6-23-10-13/h1-6,10,14-22H,7-9H2/t14-,15?,16+,17-/m1/s1. The van der Waals surface area contributed by atoms with Crippen molar-refractivity contribution in [3.63, 3.8) is 0 Å². The second kappa shape index (κ2) is 7.53. The van der Waals surface area contributed by atoms with E-state index in [9.17, 15) is 15.3 Å². The number of β-amino-alcohol motifs (C(OH)–C–C–N with tert-alkyl or cyclic N) is 1. The zero-order valence-electron chi connectivity index (χ0n) is 12.7. The van der Waals surface area contributed by atoms with Gasteiger partial charge in [-0.25, -0.2) is 0 Å². The van der Waals surface area contributed by atoms with E-state index in [1.807, 2.05) is 24.3 Å². The van der Waals surface area contributed by atoms with E-state index in [0.717, 1.165) is 11.1 Å². The molecule has 0 amide bonds. The van der Waals surface area contributed by atoms with Crippen LogP contribution in [0.2, 0.25) is 0 Å². The molecule has 0 radical (unpaired) electrons. The molecule has 23 heavy (non-hydrogen) atoms. The van der Waals surface area contributed by atoms with Gasteiger partial charge in [0, 0.05) is 19.1 Å². The normalized spacial score (nSPS) is 25.6. The van der Waals surface area contributed by atoms with Crippen LogP contribution in [0.3, 0.4) is 0 Å². The van der Waals surface area contributed by atoms with Crippen LogP contribution < -0.4 is 10.6 Å². The van der Waals surface area contributed by atoms with Crippen molar-refractivity contribution in [1.82, 2.24) is 10.6 Å². The van der Waals surface area contributed by atoms with Crippen LogP contribution in [0.5, 0.6) is 0 Å². The van der Waals surface area contributed by atoms with Gasteiger partial charge in [-0.15, -0.1) is 0 Å². The van der Waals surface area contributed by atoms with Crippen LogP contribution in [0.25, 0.3) is 11.1 Å². The molecular weight excluding hydrogens is 312 g/mol. The minimum Gasteiger partial charge on any atom is -0.394 e. The first-order chi connectivity index (χ1) is 11.2. The highest BCUT2D eigenvalue weighted by molar-refractivity contribution is 7.08. The lowest BCUT2D eigenvalue weighted by molar-refractivity contribution is 0.0399. The number of benzene rings is 1. The van der Waals surface area contributed by atoms with Crippen LogP contribution in [0.1, 0.15) is 11.6 Å². The van der Waals surface area contributed by atoms with Crippen molar-refractivity contribution in [2.75, 3.05) is 19.7 Å². The Morgan fingerprint density at radius 1 is 1.17 bits per heavy atom. The van der Waals surface area contributed by atoms with E-state index in [-0.39, 0.29) is 18.7 Å². The summed E-state index contributed by atoms with van der Waals surface area (Å²) < 4.78 is 0. The van der Waals surface area contributed by atoms with Crippen molar-refractivity contribution in [2.24, 2.45) is 0 Å². The fourth-order valence-electron chi connectivity index (χ4n) is 2.87. The summed E-state index contributed by atoms with van der Waals surface area (Å²) in [5, 5.41) is 39.5. The molecule has 5 N–H and O–H groups in total. The fraction of sp³-hybridized carbons (Fsp3) is 0.412. The minimum absolute atomic E-state index is 0.0246.